The summed E-state index contributed by atoms with van der Waals surface area (Å²) in [4.78, 5) is 4.46. The van der Waals surface area contributed by atoms with Crippen molar-refractivity contribution in [2.75, 3.05) is 5.32 Å². The molecule has 0 atom stereocenters. The summed E-state index contributed by atoms with van der Waals surface area (Å²) in [5.41, 5.74) is 4.18. The van der Waals surface area contributed by atoms with Crippen molar-refractivity contribution >= 4 is 11.5 Å². The van der Waals surface area contributed by atoms with Gasteiger partial charge in [-0.2, -0.15) is 0 Å². The van der Waals surface area contributed by atoms with Gasteiger partial charge in [-0.1, -0.05) is 23.8 Å². The number of anilines is 1. The highest BCUT2D eigenvalue weighted by molar-refractivity contribution is 5.64. The van der Waals surface area contributed by atoms with E-state index in [4.69, 9.17) is 5.10 Å². The first-order valence-electron chi connectivity index (χ1n) is 8.55. The van der Waals surface area contributed by atoms with E-state index in [1.165, 1.54) is 5.56 Å². The number of aliphatic hydroxyl groups excluding tert-OH is 1. The lowest BCUT2D eigenvalue weighted by Crippen LogP contribution is -2.28. The van der Waals surface area contributed by atoms with Gasteiger partial charge in [-0.3, -0.25) is 0 Å². The summed E-state index contributed by atoms with van der Waals surface area (Å²) in [6.45, 7) is 2.09. The van der Waals surface area contributed by atoms with Crippen molar-refractivity contribution < 1.29 is 5.11 Å². The SMILES string of the molecule is Cc1cccc(-c2cnc3ccc(NC4CCC(O)CC4)nn23)c1. The summed E-state index contributed by atoms with van der Waals surface area (Å²) in [5, 5.41) is 17.9. The van der Waals surface area contributed by atoms with Gasteiger partial charge in [0.15, 0.2) is 5.65 Å². The highest BCUT2D eigenvalue weighted by atomic mass is 16.3. The van der Waals surface area contributed by atoms with Crippen LogP contribution in [0.2, 0.25) is 0 Å². The molecule has 3 aromatic rings. The molecule has 2 heterocycles. The fourth-order valence-electron chi connectivity index (χ4n) is 3.38. The second kappa shape index (κ2) is 6.24. The minimum absolute atomic E-state index is 0.139. The minimum Gasteiger partial charge on any atom is -0.393 e. The number of imidazole rings is 1. The molecule has 1 aliphatic rings. The largest absolute Gasteiger partial charge is 0.393 e. The molecule has 0 saturated heterocycles. The van der Waals surface area contributed by atoms with Gasteiger partial charge < -0.3 is 10.4 Å². The zero-order valence-corrected chi connectivity index (χ0v) is 13.8. The Balaban J connectivity index is 1.63. The maximum Gasteiger partial charge on any atom is 0.154 e. The summed E-state index contributed by atoms with van der Waals surface area (Å²) < 4.78 is 1.90. The smallest absolute Gasteiger partial charge is 0.154 e. The monoisotopic (exact) mass is 322 g/mol. The van der Waals surface area contributed by atoms with Crippen LogP contribution in [0.1, 0.15) is 31.2 Å². The summed E-state index contributed by atoms with van der Waals surface area (Å²) in [6, 6.07) is 12.7. The van der Waals surface area contributed by atoms with Crippen LogP contribution in [0.15, 0.2) is 42.6 Å². The number of hydrogen-bond acceptors (Lipinski definition) is 4. The fourth-order valence-corrected chi connectivity index (χ4v) is 3.38. The van der Waals surface area contributed by atoms with E-state index in [1.54, 1.807) is 0 Å². The van der Waals surface area contributed by atoms with Crippen LogP contribution in [0.3, 0.4) is 0 Å². The van der Waals surface area contributed by atoms with Gasteiger partial charge in [0.05, 0.1) is 18.0 Å². The Labute approximate surface area is 141 Å². The third-order valence-electron chi connectivity index (χ3n) is 4.72. The van der Waals surface area contributed by atoms with Gasteiger partial charge in [-0.05, 0) is 50.8 Å². The second-order valence-corrected chi connectivity index (χ2v) is 6.65. The van der Waals surface area contributed by atoms with Gasteiger partial charge in [0.2, 0.25) is 0 Å². The first-order chi connectivity index (χ1) is 11.7. The van der Waals surface area contributed by atoms with Crippen LogP contribution in [0.25, 0.3) is 16.9 Å². The Morgan fingerprint density at radius 2 is 1.96 bits per heavy atom. The zero-order valence-electron chi connectivity index (χ0n) is 13.8. The van der Waals surface area contributed by atoms with E-state index in [0.29, 0.717) is 6.04 Å². The number of nitrogens with one attached hydrogen (secondary N) is 1. The van der Waals surface area contributed by atoms with E-state index in [1.807, 2.05) is 22.8 Å². The van der Waals surface area contributed by atoms with E-state index in [-0.39, 0.29) is 6.10 Å². The minimum atomic E-state index is -0.139. The van der Waals surface area contributed by atoms with Crippen molar-refractivity contribution in [3.05, 3.63) is 48.2 Å². The Morgan fingerprint density at radius 3 is 2.75 bits per heavy atom. The molecule has 0 amide bonds. The van der Waals surface area contributed by atoms with Gasteiger partial charge in [0.1, 0.15) is 5.82 Å². The van der Waals surface area contributed by atoms with E-state index in [2.05, 4.69) is 41.5 Å². The highest BCUT2D eigenvalue weighted by Gasteiger charge is 2.19. The third-order valence-corrected chi connectivity index (χ3v) is 4.72. The molecule has 1 fully saturated rings. The Bertz CT molecular complexity index is 849. The van der Waals surface area contributed by atoms with Crippen LogP contribution in [-0.4, -0.2) is 31.9 Å². The van der Waals surface area contributed by atoms with Crippen molar-refractivity contribution in [1.82, 2.24) is 14.6 Å². The van der Waals surface area contributed by atoms with E-state index in [0.717, 1.165) is 48.4 Å². The van der Waals surface area contributed by atoms with Crippen LogP contribution < -0.4 is 5.32 Å². The molecule has 124 valence electrons. The Hall–Kier alpha value is -2.40. The van der Waals surface area contributed by atoms with Crippen LogP contribution in [0.5, 0.6) is 0 Å². The van der Waals surface area contributed by atoms with Gasteiger partial charge in [0.25, 0.3) is 0 Å². The topological polar surface area (TPSA) is 62.5 Å². The van der Waals surface area contributed by atoms with Crippen LogP contribution in [0, 0.1) is 6.92 Å². The molecule has 1 aliphatic carbocycles. The molecular weight excluding hydrogens is 300 g/mol. The number of aliphatic hydroxyl groups is 1. The average molecular weight is 322 g/mol. The third kappa shape index (κ3) is 2.99. The van der Waals surface area contributed by atoms with E-state index < -0.39 is 0 Å². The molecule has 1 saturated carbocycles. The first kappa shape index (κ1) is 15.1. The molecule has 0 aliphatic heterocycles. The van der Waals surface area contributed by atoms with Crippen LogP contribution in [0.4, 0.5) is 5.82 Å². The number of fused-ring (bicyclic) bond motifs is 1. The molecule has 2 N–H and O–H groups in total. The Morgan fingerprint density at radius 1 is 1.12 bits per heavy atom. The van der Waals surface area contributed by atoms with Gasteiger partial charge in [0, 0.05) is 11.6 Å². The molecule has 24 heavy (non-hydrogen) atoms. The molecule has 2 aromatic heterocycles. The van der Waals surface area contributed by atoms with E-state index in [9.17, 15) is 5.11 Å². The van der Waals surface area contributed by atoms with E-state index >= 15 is 0 Å². The summed E-state index contributed by atoms with van der Waals surface area (Å²) in [6.07, 6.45) is 5.42. The quantitative estimate of drug-likeness (QED) is 0.775. The zero-order chi connectivity index (χ0) is 16.5. The molecule has 5 heteroatoms. The molecular formula is C19H22N4O. The van der Waals surface area contributed by atoms with Crippen molar-refractivity contribution in [3.63, 3.8) is 0 Å². The highest BCUT2D eigenvalue weighted by Crippen LogP contribution is 2.24. The lowest BCUT2D eigenvalue weighted by molar-refractivity contribution is 0.126. The van der Waals surface area contributed by atoms with Crippen molar-refractivity contribution in [2.24, 2.45) is 0 Å². The molecule has 0 unspecified atom stereocenters. The lowest BCUT2D eigenvalue weighted by Gasteiger charge is -2.26. The molecule has 4 rings (SSSR count). The van der Waals surface area contributed by atoms with Crippen LogP contribution >= 0.6 is 0 Å². The van der Waals surface area contributed by atoms with Crippen molar-refractivity contribution in [3.8, 4) is 11.3 Å². The number of aromatic nitrogens is 3. The number of aryl methyl sites for hydroxylation is 1. The number of rotatable bonds is 3. The number of nitrogens with zero attached hydrogens (tertiary/aromatic N) is 3. The maximum atomic E-state index is 9.64. The number of hydrogen-bond donors (Lipinski definition) is 2. The molecule has 0 radical (unpaired) electrons. The predicted octanol–water partition coefficient (Wildman–Crippen LogP) is 3.42. The van der Waals surface area contributed by atoms with Gasteiger partial charge in [-0.25, -0.2) is 9.50 Å². The lowest BCUT2D eigenvalue weighted by atomic mass is 9.93. The molecule has 0 spiro atoms. The number of benzene rings is 1. The molecule has 0 bridgehead atoms. The maximum absolute atomic E-state index is 9.64. The summed E-state index contributed by atoms with van der Waals surface area (Å²) in [7, 11) is 0. The second-order valence-electron chi connectivity index (χ2n) is 6.65. The fraction of sp³-hybridized carbons (Fsp3) is 0.368. The normalized spacial score (nSPS) is 21.1. The summed E-state index contributed by atoms with van der Waals surface area (Å²) in [5.74, 6) is 0.857. The standard InChI is InChI=1S/C19H22N4O/c1-13-3-2-4-14(11-13)17-12-20-19-10-9-18(22-23(17)19)21-15-5-7-16(24)8-6-15/h2-4,9-12,15-16,24H,5-8H2,1H3,(H,21,22). The average Bonchev–Trinajstić information content (AvgIpc) is 3.00. The molecule has 1 aromatic carbocycles. The Kier molecular flexibility index (Phi) is 3.94. The summed E-state index contributed by atoms with van der Waals surface area (Å²) >= 11 is 0. The predicted molar refractivity (Wildman–Crippen MR) is 95.0 cm³/mol. The van der Waals surface area contributed by atoms with Crippen molar-refractivity contribution in [1.29, 1.82) is 0 Å². The van der Waals surface area contributed by atoms with Crippen molar-refractivity contribution in [2.45, 2.75) is 44.8 Å². The van der Waals surface area contributed by atoms with Gasteiger partial charge >= 0.3 is 0 Å². The van der Waals surface area contributed by atoms with Gasteiger partial charge in [-0.15, -0.1) is 5.10 Å². The first-order valence-corrected chi connectivity index (χ1v) is 8.55. The molecule has 5 nitrogen and oxygen atoms in total. The van der Waals surface area contributed by atoms with Crippen LogP contribution in [-0.2, 0) is 0 Å².